The molecular formula is C13H15NS. The molecule has 0 radical (unpaired) electrons. The second kappa shape index (κ2) is 5.56. The van der Waals surface area contributed by atoms with Crippen molar-refractivity contribution in [3.63, 3.8) is 0 Å². The van der Waals surface area contributed by atoms with Gasteiger partial charge in [0.05, 0.1) is 0 Å². The number of nitrogens with one attached hydrogen (secondary N) is 1. The maximum absolute atomic E-state index is 3.41. The molecule has 15 heavy (non-hydrogen) atoms. The molecule has 0 aliphatic carbocycles. The highest BCUT2D eigenvalue weighted by atomic mass is 32.1. The third-order valence-electron chi connectivity index (χ3n) is 2.34. The van der Waals surface area contributed by atoms with Crippen molar-refractivity contribution in [3.8, 4) is 0 Å². The van der Waals surface area contributed by atoms with Crippen molar-refractivity contribution in [2.45, 2.75) is 12.8 Å². The van der Waals surface area contributed by atoms with E-state index in [1.165, 1.54) is 17.7 Å². The van der Waals surface area contributed by atoms with E-state index in [9.17, 15) is 0 Å². The van der Waals surface area contributed by atoms with Gasteiger partial charge in [0.15, 0.2) is 0 Å². The second-order valence-electron chi connectivity index (χ2n) is 3.53. The van der Waals surface area contributed by atoms with Crippen molar-refractivity contribution in [2.24, 2.45) is 0 Å². The van der Waals surface area contributed by atoms with Crippen LogP contribution >= 0.6 is 11.3 Å². The molecule has 0 saturated heterocycles. The van der Waals surface area contributed by atoms with Gasteiger partial charge < -0.3 is 5.32 Å². The van der Waals surface area contributed by atoms with Crippen molar-refractivity contribution < 1.29 is 0 Å². The van der Waals surface area contributed by atoms with E-state index in [0.717, 1.165) is 13.0 Å². The molecule has 1 aromatic heterocycles. The van der Waals surface area contributed by atoms with Crippen LogP contribution in [-0.2, 0) is 6.42 Å². The Morgan fingerprint density at radius 3 is 2.67 bits per heavy atom. The van der Waals surface area contributed by atoms with Crippen molar-refractivity contribution >= 4 is 17.0 Å². The highest BCUT2D eigenvalue weighted by Crippen LogP contribution is 2.11. The Balaban J connectivity index is 1.68. The van der Waals surface area contributed by atoms with E-state index in [1.807, 2.05) is 0 Å². The minimum Gasteiger partial charge on any atom is -0.384 e. The van der Waals surface area contributed by atoms with Crippen LogP contribution in [0.1, 0.15) is 12.0 Å². The molecule has 0 atom stereocenters. The van der Waals surface area contributed by atoms with Crippen LogP contribution in [0.2, 0.25) is 0 Å². The molecule has 2 heteroatoms. The van der Waals surface area contributed by atoms with Crippen molar-refractivity contribution in [3.05, 3.63) is 52.7 Å². The van der Waals surface area contributed by atoms with Crippen LogP contribution in [-0.4, -0.2) is 6.54 Å². The van der Waals surface area contributed by atoms with E-state index >= 15 is 0 Å². The lowest BCUT2D eigenvalue weighted by Crippen LogP contribution is -2.01. The van der Waals surface area contributed by atoms with Crippen molar-refractivity contribution in [1.82, 2.24) is 0 Å². The van der Waals surface area contributed by atoms with Crippen LogP contribution in [0.3, 0.4) is 0 Å². The van der Waals surface area contributed by atoms with Crippen LogP contribution in [0.5, 0.6) is 0 Å². The molecule has 0 amide bonds. The number of hydrogen-bond acceptors (Lipinski definition) is 2. The molecule has 0 saturated carbocycles. The summed E-state index contributed by atoms with van der Waals surface area (Å²) in [5.41, 5.74) is 2.66. The molecule has 1 aromatic carbocycles. The summed E-state index contributed by atoms with van der Waals surface area (Å²) in [7, 11) is 0. The molecule has 0 bridgehead atoms. The van der Waals surface area contributed by atoms with Crippen LogP contribution in [0.15, 0.2) is 47.2 Å². The Kier molecular flexibility index (Phi) is 3.80. The number of thiophene rings is 1. The van der Waals surface area contributed by atoms with E-state index in [-0.39, 0.29) is 0 Å². The lowest BCUT2D eigenvalue weighted by molar-refractivity contribution is 0.863. The van der Waals surface area contributed by atoms with E-state index in [4.69, 9.17) is 0 Å². The largest absolute Gasteiger partial charge is 0.384 e. The second-order valence-corrected chi connectivity index (χ2v) is 4.31. The first-order chi connectivity index (χ1) is 7.45. The summed E-state index contributed by atoms with van der Waals surface area (Å²) in [5.74, 6) is 0. The Bertz CT molecular complexity index is 367. The highest BCUT2D eigenvalue weighted by molar-refractivity contribution is 7.08. The Morgan fingerprint density at radius 2 is 1.93 bits per heavy atom. The number of benzene rings is 1. The molecule has 0 spiro atoms. The average Bonchev–Trinajstić information content (AvgIpc) is 2.79. The zero-order valence-electron chi connectivity index (χ0n) is 8.65. The van der Waals surface area contributed by atoms with E-state index in [0.29, 0.717) is 0 Å². The predicted octanol–water partition coefficient (Wildman–Crippen LogP) is 3.79. The molecule has 0 fully saturated rings. The van der Waals surface area contributed by atoms with Gasteiger partial charge in [-0.05, 0) is 29.9 Å². The fraction of sp³-hybridized carbons (Fsp3) is 0.231. The molecule has 78 valence electrons. The first kappa shape index (κ1) is 10.2. The lowest BCUT2D eigenvalue weighted by Gasteiger charge is -2.03. The minimum absolute atomic E-state index is 1.05. The van der Waals surface area contributed by atoms with Gasteiger partial charge in [-0.2, -0.15) is 11.3 Å². The van der Waals surface area contributed by atoms with Gasteiger partial charge in [0, 0.05) is 17.6 Å². The summed E-state index contributed by atoms with van der Waals surface area (Å²) in [6.07, 6.45) is 2.33. The van der Waals surface area contributed by atoms with Crippen molar-refractivity contribution in [2.75, 3.05) is 11.9 Å². The van der Waals surface area contributed by atoms with Gasteiger partial charge in [0.1, 0.15) is 0 Å². The molecule has 1 N–H and O–H groups in total. The first-order valence-electron chi connectivity index (χ1n) is 5.25. The molecule has 1 heterocycles. The van der Waals surface area contributed by atoms with Gasteiger partial charge in [-0.25, -0.2) is 0 Å². The van der Waals surface area contributed by atoms with Gasteiger partial charge in [-0.3, -0.25) is 0 Å². The van der Waals surface area contributed by atoms with E-state index in [1.54, 1.807) is 11.3 Å². The summed E-state index contributed by atoms with van der Waals surface area (Å²) in [5, 5.41) is 7.64. The smallest absolute Gasteiger partial charge is 0.0448 e. The normalized spacial score (nSPS) is 10.1. The van der Waals surface area contributed by atoms with Crippen LogP contribution < -0.4 is 5.32 Å². The van der Waals surface area contributed by atoms with Gasteiger partial charge in [0.25, 0.3) is 0 Å². The minimum atomic E-state index is 1.05. The maximum Gasteiger partial charge on any atom is 0.0448 e. The number of rotatable bonds is 5. The summed E-state index contributed by atoms with van der Waals surface area (Å²) in [6.45, 7) is 1.05. The van der Waals surface area contributed by atoms with Crippen LogP contribution in [0.4, 0.5) is 5.69 Å². The molecule has 2 rings (SSSR count). The summed E-state index contributed by atoms with van der Waals surface area (Å²) >= 11 is 1.73. The van der Waals surface area contributed by atoms with E-state index in [2.05, 4.69) is 52.5 Å². The van der Waals surface area contributed by atoms with Gasteiger partial charge in [-0.1, -0.05) is 30.3 Å². The van der Waals surface area contributed by atoms with Crippen LogP contribution in [0, 0.1) is 0 Å². The van der Waals surface area contributed by atoms with E-state index < -0.39 is 0 Å². The zero-order valence-corrected chi connectivity index (χ0v) is 9.46. The molecular weight excluding hydrogens is 202 g/mol. The fourth-order valence-electron chi connectivity index (χ4n) is 1.53. The number of hydrogen-bond donors (Lipinski definition) is 1. The molecule has 0 unspecified atom stereocenters. The quantitative estimate of drug-likeness (QED) is 0.751. The third-order valence-corrected chi connectivity index (χ3v) is 3.02. The topological polar surface area (TPSA) is 12.0 Å². The Hall–Kier alpha value is -1.28. The third kappa shape index (κ3) is 3.40. The molecule has 0 aliphatic rings. The Labute approximate surface area is 94.8 Å². The maximum atomic E-state index is 3.41. The fourth-order valence-corrected chi connectivity index (χ4v) is 2.15. The van der Waals surface area contributed by atoms with Gasteiger partial charge in [-0.15, -0.1) is 0 Å². The van der Waals surface area contributed by atoms with Crippen molar-refractivity contribution in [1.29, 1.82) is 0 Å². The first-order valence-corrected chi connectivity index (χ1v) is 6.19. The van der Waals surface area contributed by atoms with Gasteiger partial charge >= 0.3 is 0 Å². The van der Waals surface area contributed by atoms with Gasteiger partial charge in [0.2, 0.25) is 0 Å². The SMILES string of the molecule is c1ccc(CCCNc2ccsc2)cc1. The number of anilines is 1. The average molecular weight is 217 g/mol. The Morgan fingerprint density at radius 1 is 1.07 bits per heavy atom. The molecule has 1 nitrogen and oxygen atoms in total. The predicted molar refractivity (Wildman–Crippen MR) is 67.6 cm³/mol. The zero-order chi connectivity index (χ0) is 10.3. The molecule has 0 aliphatic heterocycles. The number of aryl methyl sites for hydroxylation is 1. The summed E-state index contributed by atoms with van der Waals surface area (Å²) < 4.78 is 0. The standard InChI is InChI=1S/C13H15NS/c1-2-5-12(6-3-1)7-4-9-14-13-8-10-15-11-13/h1-3,5-6,8,10-11,14H,4,7,9H2. The lowest BCUT2D eigenvalue weighted by atomic mass is 10.1. The molecule has 2 aromatic rings. The van der Waals surface area contributed by atoms with Crippen LogP contribution in [0.25, 0.3) is 0 Å². The highest BCUT2D eigenvalue weighted by Gasteiger charge is 1.93. The monoisotopic (exact) mass is 217 g/mol. The summed E-state index contributed by atoms with van der Waals surface area (Å²) in [6, 6.07) is 12.7. The summed E-state index contributed by atoms with van der Waals surface area (Å²) in [4.78, 5) is 0.